The summed E-state index contributed by atoms with van der Waals surface area (Å²) in [5.41, 5.74) is 2.44. The number of rotatable bonds is 3. The van der Waals surface area contributed by atoms with Crippen molar-refractivity contribution in [1.82, 2.24) is 0 Å². The number of nitrogens with zero attached hydrogens (tertiary/aromatic N) is 1. The Hall–Kier alpha value is -3.08. The van der Waals surface area contributed by atoms with Crippen molar-refractivity contribution in [2.24, 2.45) is 0 Å². The number of ketones is 1. The van der Waals surface area contributed by atoms with Crippen molar-refractivity contribution < 1.29 is 14.7 Å². The van der Waals surface area contributed by atoms with Crippen LogP contribution < -0.4 is 4.90 Å². The van der Waals surface area contributed by atoms with Crippen LogP contribution in [0.15, 0.2) is 78.4 Å². The SMILES string of the molecule is Cc1ccc(N2C(=O)C(=O)/C(=C(/O)c3ccccc3)[C@@H]2c2ccc(Cl)cc2)cc1Cl. The summed E-state index contributed by atoms with van der Waals surface area (Å²) in [5.74, 6) is -1.71. The van der Waals surface area contributed by atoms with E-state index in [1.54, 1.807) is 72.8 Å². The number of carbonyl (C=O) groups excluding carboxylic acids is 2. The van der Waals surface area contributed by atoms with Gasteiger partial charge in [-0.05, 0) is 42.3 Å². The molecule has 0 unspecified atom stereocenters. The lowest BCUT2D eigenvalue weighted by Crippen LogP contribution is -2.29. The molecule has 0 radical (unpaired) electrons. The molecular weight excluding hydrogens is 421 g/mol. The highest BCUT2D eigenvalue weighted by Gasteiger charge is 2.47. The van der Waals surface area contributed by atoms with Gasteiger partial charge in [0.05, 0.1) is 11.6 Å². The first-order valence-electron chi connectivity index (χ1n) is 9.26. The van der Waals surface area contributed by atoms with E-state index < -0.39 is 17.7 Å². The molecule has 30 heavy (non-hydrogen) atoms. The van der Waals surface area contributed by atoms with Crippen LogP contribution in [0.5, 0.6) is 0 Å². The summed E-state index contributed by atoms with van der Waals surface area (Å²) in [7, 11) is 0. The number of amides is 1. The number of hydrogen-bond acceptors (Lipinski definition) is 3. The molecule has 3 aromatic rings. The van der Waals surface area contributed by atoms with Gasteiger partial charge in [-0.25, -0.2) is 0 Å². The number of halogens is 2. The molecule has 150 valence electrons. The zero-order valence-corrected chi connectivity index (χ0v) is 17.5. The van der Waals surface area contributed by atoms with Crippen LogP contribution in [0.4, 0.5) is 5.69 Å². The highest BCUT2D eigenvalue weighted by Crippen LogP contribution is 2.43. The maximum absolute atomic E-state index is 13.1. The molecule has 0 saturated carbocycles. The number of hydrogen-bond donors (Lipinski definition) is 1. The van der Waals surface area contributed by atoms with E-state index in [0.717, 1.165) is 5.56 Å². The van der Waals surface area contributed by atoms with Crippen LogP contribution >= 0.6 is 23.2 Å². The van der Waals surface area contributed by atoms with Crippen molar-refractivity contribution in [1.29, 1.82) is 0 Å². The normalized spacial score (nSPS) is 18.1. The monoisotopic (exact) mass is 437 g/mol. The topological polar surface area (TPSA) is 57.6 Å². The molecule has 0 aliphatic carbocycles. The molecule has 4 rings (SSSR count). The average molecular weight is 438 g/mol. The third-order valence-electron chi connectivity index (χ3n) is 5.11. The molecule has 1 aliphatic rings. The Morgan fingerprint density at radius 1 is 0.933 bits per heavy atom. The lowest BCUT2D eigenvalue weighted by atomic mass is 9.95. The maximum atomic E-state index is 13.1. The second kappa shape index (κ2) is 7.98. The maximum Gasteiger partial charge on any atom is 0.300 e. The fraction of sp³-hybridized carbons (Fsp3) is 0.0833. The van der Waals surface area contributed by atoms with Crippen molar-refractivity contribution in [2.45, 2.75) is 13.0 Å². The second-order valence-electron chi connectivity index (χ2n) is 7.02. The zero-order chi connectivity index (χ0) is 21.4. The molecule has 1 saturated heterocycles. The van der Waals surface area contributed by atoms with E-state index in [9.17, 15) is 14.7 Å². The van der Waals surface area contributed by atoms with Gasteiger partial charge in [-0.1, -0.05) is 71.7 Å². The molecule has 1 atom stereocenters. The van der Waals surface area contributed by atoms with E-state index in [4.69, 9.17) is 23.2 Å². The highest BCUT2D eigenvalue weighted by molar-refractivity contribution is 6.51. The number of aliphatic hydroxyl groups is 1. The minimum atomic E-state index is -0.818. The fourth-order valence-corrected chi connectivity index (χ4v) is 3.84. The molecule has 1 N–H and O–H groups in total. The van der Waals surface area contributed by atoms with E-state index >= 15 is 0 Å². The van der Waals surface area contributed by atoms with Crippen LogP contribution in [-0.2, 0) is 9.59 Å². The molecule has 3 aromatic carbocycles. The summed E-state index contributed by atoms with van der Waals surface area (Å²) in [6.45, 7) is 1.85. The van der Waals surface area contributed by atoms with E-state index in [1.807, 2.05) is 6.92 Å². The Morgan fingerprint density at radius 2 is 1.60 bits per heavy atom. The zero-order valence-electron chi connectivity index (χ0n) is 16.0. The number of anilines is 1. The number of aliphatic hydroxyl groups excluding tert-OH is 1. The smallest absolute Gasteiger partial charge is 0.300 e. The largest absolute Gasteiger partial charge is 0.507 e. The van der Waals surface area contributed by atoms with Gasteiger partial charge in [-0.2, -0.15) is 0 Å². The van der Waals surface area contributed by atoms with Gasteiger partial charge in [0.2, 0.25) is 0 Å². The van der Waals surface area contributed by atoms with Gasteiger partial charge in [0.15, 0.2) is 0 Å². The molecule has 1 fully saturated rings. The van der Waals surface area contributed by atoms with Crippen molar-refractivity contribution in [3.8, 4) is 0 Å². The van der Waals surface area contributed by atoms with Crippen LogP contribution in [0.25, 0.3) is 5.76 Å². The van der Waals surface area contributed by atoms with Gasteiger partial charge in [-0.15, -0.1) is 0 Å². The van der Waals surface area contributed by atoms with Gasteiger partial charge in [-0.3, -0.25) is 14.5 Å². The van der Waals surface area contributed by atoms with Crippen molar-refractivity contribution in [2.75, 3.05) is 4.90 Å². The van der Waals surface area contributed by atoms with E-state index in [0.29, 0.717) is 26.9 Å². The lowest BCUT2D eigenvalue weighted by molar-refractivity contribution is -0.132. The molecule has 6 heteroatoms. The molecule has 1 heterocycles. The van der Waals surface area contributed by atoms with E-state index in [-0.39, 0.29) is 11.3 Å². The van der Waals surface area contributed by atoms with E-state index in [1.165, 1.54) is 4.90 Å². The first kappa shape index (κ1) is 20.2. The Labute approximate surface area is 184 Å². The molecule has 1 amide bonds. The Kier molecular flexibility index (Phi) is 5.37. The van der Waals surface area contributed by atoms with Crippen molar-refractivity contribution in [3.63, 3.8) is 0 Å². The Morgan fingerprint density at radius 3 is 2.23 bits per heavy atom. The average Bonchev–Trinajstić information content (AvgIpc) is 3.01. The number of aryl methyl sites for hydroxylation is 1. The van der Waals surface area contributed by atoms with Crippen LogP contribution in [0.2, 0.25) is 10.0 Å². The summed E-state index contributed by atoms with van der Waals surface area (Å²) in [6.07, 6.45) is 0. The number of Topliss-reactive ketones (excluding diaryl/α,β-unsaturated/α-hetero) is 1. The van der Waals surface area contributed by atoms with Crippen LogP contribution in [0, 0.1) is 6.92 Å². The van der Waals surface area contributed by atoms with E-state index in [2.05, 4.69) is 0 Å². The second-order valence-corrected chi connectivity index (χ2v) is 7.86. The van der Waals surface area contributed by atoms with Crippen LogP contribution in [-0.4, -0.2) is 16.8 Å². The quantitative estimate of drug-likeness (QED) is 0.313. The van der Waals surface area contributed by atoms with Crippen LogP contribution in [0.3, 0.4) is 0 Å². The van der Waals surface area contributed by atoms with Gasteiger partial charge < -0.3 is 5.11 Å². The first-order chi connectivity index (χ1) is 14.4. The van der Waals surface area contributed by atoms with Crippen LogP contribution in [0.1, 0.15) is 22.7 Å². The Bertz CT molecular complexity index is 1170. The summed E-state index contributed by atoms with van der Waals surface area (Å²) >= 11 is 12.3. The molecule has 0 spiro atoms. The lowest BCUT2D eigenvalue weighted by Gasteiger charge is -2.26. The molecule has 0 aromatic heterocycles. The third-order valence-corrected chi connectivity index (χ3v) is 5.77. The summed E-state index contributed by atoms with van der Waals surface area (Å²) in [6, 6.07) is 19.9. The first-order valence-corrected chi connectivity index (χ1v) is 10.0. The minimum absolute atomic E-state index is 0.0187. The Balaban J connectivity index is 1.95. The predicted octanol–water partition coefficient (Wildman–Crippen LogP) is 5.93. The van der Waals surface area contributed by atoms with Gasteiger partial charge in [0.25, 0.3) is 11.7 Å². The molecular formula is C24H17Cl2NO3. The molecule has 4 nitrogen and oxygen atoms in total. The fourth-order valence-electron chi connectivity index (χ4n) is 3.54. The van der Waals surface area contributed by atoms with Gasteiger partial charge in [0, 0.05) is 21.3 Å². The predicted molar refractivity (Wildman–Crippen MR) is 119 cm³/mol. The highest BCUT2D eigenvalue weighted by atomic mass is 35.5. The summed E-state index contributed by atoms with van der Waals surface area (Å²) < 4.78 is 0. The van der Waals surface area contributed by atoms with Gasteiger partial charge >= 0.3 is 0 Å². The summed E-state index contributed by atoms with van der Waals surface area (Å²) in [4.78, 5) is 27.5. The summed E-state index contributed by atoms with van der Waals surface area (Å²) in [5, 5.41) is 12.0. The number of carbonyl (C=O) groups is 2. The number of benzene rings is 3. The third kappa shape index (κ3) is 3.49. The standard InChI is InChI=1S/C24H17Cl2NO3/c1-14-7-12-18(13-19(14)26)27-21(15-8-10-17(25)11-9-15)20(23(29)24(27)30)22(28)16-5-3-2-4-6-16/h2-13,21,28H,1H3/b22-20+/t21-/m0/s1. The van der Waals surface area contributed by atoms with Crippen molar-refractivity contribution >= 4 is 46.3 Å². The van der Waals surface area contributed by atoms with Gasteiger partial charge in [0.1, 0.15) is 5.76 Å². The molecule has 1 aliphatic heterocycles. The minimum Gasteiger partial charge on any atom is -0.507 e. The molecule has 0 bridgehead atoms. The van der Waals surface area contributed by atoms with Crippen molar-refractivity contribution in [3.05, 3.63) is 105 Å².